The number of likely N-dealkylation sites (N-methyl/N-ethyl adjacent to an activating group) is 1. The highest BCUT2D eigenvalue weighted by molar-refractivity contribution is 6.35. The lowest BCUT2D eigenvalue weighted by molar-refractivity contribution is -0.139. The third-order valence-electron chi connectivity index (χ3n) is 4.56. The molecule has 0 spiro atoms. The molecule has 2 aromatic rings. The van der Waals surface area contributed by atoms with Gasteiger partial charge in [-0.2, -0.15) is 0 Å². The zero-order valence-corrected chi connectivity index (χ0v) is 14.3. The Balaban J connectivity index is 1.89. The summed E-state index contributed by atoms with van der Waals surface area (Å²) in [5.74, 6) is -1.24. The Morgan fingerprint density at radius 1 is 1.08 bits per heavy atom. The fourth-order valence-electron chi connectivity index (χ4n) is 3.25. The van der Waals surface area contributed by atoms with Crippen molar-refractivity contribution in [3.8, 4) is 0 Å². The zero-order valence-electron chi connectivity index (χ0n) is 14.3. The van der Waals surface area contributed by atoms with Crippen LogP contribution in [0.25, 0.3) is 10.8 Å². The molecular formula is C19H23N3O3. The Morgan fingerprint density at radius 3 is 2.56 bits per heavy atom. The van der Waals surface area contributed by atoms with E-state index in [1.807, 2.05) is 18.2 Å². The van der Waals surface area contributed by atoms with Gasteiger partial charge in [0.2, 0.25) is 0 Å². The van der Waals surface area contributed by atoms with E-state index in [0.29, 0.717) is 19.8 Å². The number of nitrogens with one attached hydrogen (secondary N) is 2. The average molecular weight is 341 g/mol. The van der Waals surface area contributed by atoms with Crippen molar-refractivity contribution in [1.29, 1.82) is 0 Å². The van der Waals surface area contributed by atoms with Gasteiger partial charge in [-0.25, -0.2) is 0 Å². The van der Waals surface area contributed by atoms with E-state index in [1.165, 1.54) is 7.05 Å². The maximum absolute atomic E-state index is 11.9. The first-order valence-corrected chi connectivity index (χ1v) is 8.50. The molecule has 1 saturated heterocycles. The van der Waals surface area contributed by atoms with Crippen LogP contribution in [0.1, 0.15) is 11.6 Å². The molecule has 25 heavy (non-hydrogen) atoms. The predicted molar refractivity (Wildman–Crippen MR) is 96.2 cm³/mol. The number of hydrogen-bond acceptors (Lipinski definition) is 4. The number of carbonyl (C=O) groups excluding carboxylic acids is 2. The molecule has 1 unspecified atom stereocenters. The second-order valence-corrected chi connectivity index (χ2v) is 6.02. The monoisotopic (exact) mass is 341 g/mol. The average Bonchev–Trinajstić information content (AvgIpc) is 2.68. The molecule has 0 bridgehead atoms. The van der Waals surface area contributed by atoms with Gasteiger partial charge in [-0.05, 0) is 16.3 Å². The molecule has 0 radical (unpaired) electrons. The third kappa shape index (κ3) is 3.97. The first-order chi connectivity index (χ1) is 12.2. The van der Waals surface area contributed by atoms with Crippen LogP contribution in [-0.2, 0) is 14.3 Å². The molecule has 1 aliphatic heterocycles. The van der Waals surface area contributed by atoms with Crippen molar-refractivity contribution < 1.29 is 14.3 Å². The number of carbonyl (C=O) groups is 2. The van der Waals surface area contributed by atoms with Gasteiger partial charge >= 0.3 is 11.8 Å². The molecule has 3 rings (SSSR count). The van der Waals surface area contributed by atoms with E-state index in [2.05, 4.69) is 39.8 Å². The lowest BCUT2D eigenvalue weighted by Gasteiger charge is -2.35. The predicted octanol–water partition coefficient (Wildman–Crippen LogP) is 1.08. The van der Waals surface area contributed by atoms with Gasteiger partial charge in [-0.1, -0.05) is 42.5 Å². The van der Waals surface area contributed by atoms with Gasteiger partial charge in [0.1, 0.15) is 0 Å². The third-order valence-corrected chi connectivity index (χ3v) is 4.56. The molecule has 1 aliphatic rings. The molecule has 6 nitrogen and oxygen atoms in total. The Hall–Kier alpha value is -2.44. The van der Waals surface area contributed by atoms with Crippen LogP contribution < -0.4 is 10.6 Å². The summed E-state index contributed by atoms with van der Waals surface area (Å²) < 4.78 is 5.46. The summed E-state index contributed by atoms with van der Waals surface area (Å²) in [4.78, 5) is 25.7. The van der Waals surface area contributed by atoms with Gasteiger partial charge in [0, 0.05) is 26.7 Å². The second-order valence-electron chi connectivity index (χ2n) is 6.02. The largest absolute Gasteiger partial charge is 0.379 e. The van der Waals surface area contributed by atoms with Crippen LogP contribution in [0.4, 0.5) is 0 Å². The molecule has 2 aromatic carbocycles. The normalized spacial score (nSPS) is 16.4. The number of hydrogen-bond donors (Lipinski definition) is 2. The minimum absolute atomic E-state index is 0.0105. The number of rotatable bonds is 4. The topological polar surface area (TPSA) is 70.7 Å². The summed E-state index contributed by atoms with van der Waals surface area (Å²) in [6, 6.07) is 14.4. The molecule has 132 valence electrons. The fraction of sp³-hybridized carbons (Fsp3) is 0.368. The van der Waals surface area contributed by atoms with E-state index < -0.39 is 11.8 Å². The maximum Gasteiger partial charge on any atom is 0.309 e. The lowest BCUT2D eigenvalue weighted by atomic mass is 9.97. The van der Waals surface area contributed by atoms with Crippen molar-refractivity contribution >= 4 is 22.6 Å². The summed E-state index contributed by atoms with van der Waals surface area (Å²) in [7, 11) is 1.45. The highest BCUT2D eigenvalue weighted by atomic mass is 16.5. The van der Waals surface area contributed by atoms with Crippen molar-refractivity contribution in [2.75, 3.05) is 39.9 Å². The number of ether oxygens (including phenoxy) is 1. The summed E-state index contributed by atoms with van der Waals surface area (Å²) in [6.45, 7) is 3.31. The van der Waals surface area contributed by atoms with Gasteiger partial charge in [0.25, 0.3) is 0 Å². The van der Waals surface area contributed by atoms with Crippen LogP contribution in [0.15, 0.2) is 42.5 Å². The van der Waals surface area contributed by atoms with E-state index >= 15 is 0 Å². The summed E-state index contributed by atoms with van der Waals surface area (Å²) >= 11 is 0. The fourth-order valence-corrected chi connectivity index (χ4v) is 3.25. The summed E-state index contributed by atoms with van der Waals surface area (Å²) in [5, 5.41) is 7.44. The van der Waals surface area contributed by atoms with Crippen LogP contribution in [0.5, 0.6) is 0 Å². The SMILES string of the molecule is CNC(=O)C(=O)NCC(c1cccc2ccccc12)N1CCOCC1. The van der Waals surface area contributed by atoms with E-state index in [-0.39, 0.29) is 6.04 Å². The molecule has 1 atom stereocenters. The van der Waals surface area contributed by atoms with Crippen molar-refractivity contribution in [3.05, 3.63) is 48.0 Å². The van der Waals surface area contributed by atoms with Gasteiger partial charge in [-0.3, -0.25) is 14.5 Å². The maximum atomic E-state index is 11.9. The Labute approximate surface area is 147 Å². The Kier molecular flexibility index (Phi) is 5.63. The van der Waals surface area contributed by atoms with Gasteiger partial charge in [-0.15, -0.1) is 0 Å². The molecule has 0 aliphatic carbocycles. The van der Waals surface area contributed by atoms with Gasteiger partial charge in [0.15, 0.2) is 0 Å². The van der Waals surface area contributed by atoms with Crippen LogP contribution in [0.3, 0.4) is 0 Å². The molecule has 1 heterocycles. The van der Waals surface area contributed by atoms with E-state index in [4.69, 9.17) is 4.74 Å². The second kappa shape index (κ2) is 8.09. The standard InChI is InChI=1S/C19H23N3O3/c1-20-18(23)19(24)21-13-17(22-9-11-25-12-10-22)16-8-4-6-14-5-2-3-7-15(14)16/h2-8,17H,9-13H2,1H3,(H,20,23)(H,21,24). The minimum atomic E-state index is -0.626. The quantitative estimate of drug-likeness (QED) is 0.817. The van der Waals surface area contributed by atoms with Crippen molar-refractivity contribution in [2.45, 2.75) is 6.04 Å². The molecule has 1 fully saturated rings. The number of amides is 2. The zero-order chi connectivity index (χ0) is 17.6. The first-order valence-electron chi connectivity index (χ1n) is 8.50. The van der Waals surface area contributed by atoms with Gasteiger partial charge in [0.05, 0.1) is 19.3 Å². The molecule has 0 aromatic heterocycles. The number of fused-ring (bicyclic) bond motifs is 1. The Bertz CT molecular complexity index is 751. The molecule has 6 heteroatoms. The molecule has 0 saturated carbocycles. The first kappa shape index (κ1) is 17.4. The summed E-state index contributed by atoms with van der Waals surface area (Å²) in [6.07, 6.45) is 0. The van der Waals surface area contributed by atoms with E-state index in [0.717, 1.165) is 29.4 Å². The highest BCUT2D eigenvalue weighted by Gasteiger charge is 2.25. The molecule has 2 N–H and O–H groups in total. The van der Waals surface area contributed by atoms with Crippen molar-refractivity contribution in [1.82, 2.24) is 15.5 Å². The van der Waals surface area contributed by atoms with E-state index in [9.17, 15) is 9.59 Å². The lowest BCUT2D eigenvalue weighted by Crippen LogP contribution is -2.46. The van der Waals surface area contributed by atoms with E-state index in [1.54, 1.807) is 0 Å². The van der Waals surface area contributed by atoms with Crippen molar-refractivity contribution in [2.24, 2.45) is 0 Å². The molecule has 2 amide bonds. The van der Waals surface area contributed by atoms with Crippen LogP contribution in [0.2, 0.25) is 0 Å². The van der Waals surface area contributed by atoms with Gasteiger partial charge < -0.3 is 15.4 Å². The van der Waals surface area contributed by atoms with Crippen LogP contribution >= 0.6 is 0 Å². The molecular weight excluding hydrogens is 318 g/mol. The smallest absolute Gasteiger partial charge is 0.309 e. The minimum Gasteiger partial charge on any atom is -0.379 e. The van der Waals surface area contributed by atoms with Crippen LogP contribution in [-0.4, -0.2) is 56.6 Å². The number of nitrogens with zero attached hydrogens (tertiary/aromatic N) is 1. The van der Waals surface area contributed by atoms with Crippen LogP contribution in [0, 0.1) is 0 Å². The highest BCUT2D eigenvalue weighted by Crippen LogP contribution is 2.28. The summed E-state index contributed by atoms with van der Waals surface area (Å²) in [5.41, 5.74) is 1.15. The number of benzene rings is 2. The van der Waals surface area contributed by atoms with Crippen molar-refractivity contribution in [3.63, 3.8) is 0 Å². The Morgan fingerprint density at radius 2 is 1.80 bits per heavy atom. The number of morpholine rings is 1.